The Hall–Kier alpha value is -1.08. The van der Waals surface area contributed by atoms with E-state index in [9.17, 15) is 4.79 Å². The van der Waals surface area contributed by atoms with E-state index in [1.807, 2.05) is 0 Å². The van der Waals surface area contributed by atoms with Crippen molar-refractivity contribution in [1.29, 1.82) is 5.26 Å². The largest absolute Gasteiger partial charge is 0.391 e. The number of amides is 1. The van der Waals surface area contributed by atoms with Crippen molar-refractivity contribution in [3.8, 4) is 6.07 Å². The zero-order valence-corrected chi connectivity index (χ0v) is 7.57. The lowest BCUT2D eigenvalue weighted by Crippen LogP contribution is -2.26. The molecule has 13 heavy (non-hydrogen) atoms. The molecule has 4 heteroatoms. The predicted molar refractivity (Wildman–Crippen MR) is 46.7 cm³/mol. The third kappa shape index (κ3) is 3.03. The molecule has 1 atom stereocenters. The fourth-order valence-corrected chi connectivity index (χ4v) is 1.47. The van der Waals surface area contributed by atoms with E-state index in [1.54, 1.807) is 4.90 Å². The van der Waals surface area contributed by atoms with Gasteiger partial charge in [-0.2, -0.15) is 5.26 Å². The molecule has 0 saturated carbocycles. The lowest BCUT2D eigenvalue weighted by Gasteiger charge is -2.14. The Balaban J connectivity index is 2.15. The van der Waals surface area contributed by atoms with Gasteiger partial charge in [0.05, 0.1) is 18.6 Å². The van der Waals surface area contributed by atoms with Crippen molar-refractivity contribution in [2.45, 2.75) is 31.8 Å². The molecule has 0 aliphatic carbocycles. The van der Waals surface area contributed by atoms with E-state index in [4.69, 9.17) is 10.4 Å². The number of likely N-dealkylation sites (tertiary alicyclic amines) is 1. The number of aliphatic hydroxyl groups is 1. The van der Waals surface area contributed by atoms with E-state index in [-0.39, 0.29) is 12.3 Å². The number of carbonyl (C=O) groups is 1. The van der Waals surface area contributed by atoms with Crippen LogP contribution in [0.15, 0.2) is 0 Å². The van der Waals surface area contributed by atoms with Gasteiger partial charge in [0.2, 0.25) is 5.91 Å². The van der Waals surface area contributed by atoms with Crippen molar-refractivity contribution >= 4 is 5.91 Å². The molecule has 0 spiro atoms. The molecule has 1 saturated heterocycles. The standard InChI is InChI=1S/C9H14N2O2/c10-4-2-1-3-5-11-7-8(12)6-9(11)13/h8,12H,1-3,5-7H2. The molecular formula is C9H14N2O2. The Bertz CT molecular complexity index is 222. The highest BCUT2D eigenvalue weighted by atomic mass is 16.3. The second kappa shape index (κ2) is 4.83. The number of β-amino-alcohol motifs (C(OH)–C–C–N with tert-alkyl or cyclic N) is 1. The summed E-state index contributed by atoms with van der Waals surface area (Å²) >= 11 is 0. The van der Waals surface area contributed by atoms with Gasteiger partial charge in [-0.3, -0.25) is 4.79 Å². The predicted octanol–water partition coefficient (Wildman–Crippen LogP) is 0.273. The maximum atomic E-state index is 11.1. The van der Waals surface area contributed by atoms with Crippen LogP contribution in [0, 0.1) is 11.3 Å². The molecule has 1 rings (SSSR count). The third-order valence-electron chi connectivity index (χ3n) is 2.16. The molecule has 4 nitrogen and oxygen atoms in total. The van der Waals surface area contributed by atoms with Crippen molar-refractivity contribution < 1.29 is 9.90 Å². The molecule has 1 fully saturated rings. The van der Waals surface area contributed by atoms with Crippen LogP contribution in [-0.4, -0.2) is 35.1 Å². The minimum absolute atomic E-state index is 0.0319. The van der Waals surface area contributed by atoms with E-state index < -0.39 is 6.10 Å². The second-order valence-corrected chi connectivity index (χ2v) is 3.31. The van der Waals surface area contributed by atoms with Crippen molar-refractivity contribution in [1.82, 2.24) is 4.90 Å². The first-order chi connectivity index (χ1) is 6.24. The van der Waals surface area contributed by atoms with E-state index >= 15 is 0 Å². The SMILES string of the molecule is N#CCCCCN1CC(O)CC1=O. The Kier molecular flexibility index (Phi) is 3.71. The van der Waals surface area contributed by atoms with Crippen LogP contribution >= 0.6 is 0 Å². The van der Waals surface area contributed by atoms with Gasteiger partial charge in [0.1, 0.15) is 0 Å². The number of hydrogen-bond acceptors (Lipinski definition) is 3. The lowest BCUT2D eigenvalue weighted by molar-refractivity contribution is -0.127. The highest BCUT2D eigenvalue weighted by Crippen LogP contribution is 2.11. The molecule has 1 amide bonds. The molecule has 1 aliphatic rings. The van der Waals surface area contributed by atoms with Crippen molar-refractivity contribution in [2.75, 3.05) is 13.1 Å². The van der Waals surface area contributed by atoms with Crippen LogP contribution in [0.25, 0.3) is 0 Å². The first-order valence-electron chi connectivity index (χ1n) is 4.57. The second-order valence-electron chi connectivity index (χ2n) is 3.31. The summed E-state index contributed by atoms with van der Waals surface area (Å²) in [5, 5.41) is 17.4. The average Bonchev–Trinajstić information content (AvgIpc) is 2.39. The number of hydrogen-bond donors (Lipinski definition) is 1. The molecule has 0 aromatic rings. The van der Waals surface area contributed by atoms with Gasteiger partial charge in [-0.15, -0.1) is 0 Å². The van der Waals surface area contributed by atoms with Crippen LogP contribution in [0.4, 0.5) is 0 Å². The summed E-state index contributed by atoms with van der Waals surface area (Å²) in [7, 11) is 0. The minimum atomic E-state index is -0.483. The summed E-state index contributed by atoms with van der Waals surface area (Å²) in [5.41, 5.74) is 0. The van der Waals surface area contributed by atoms with Crippen molar-refractivity contribution in [3.63, 3.8) is 0 Å². The van der Waals surface area contributed by atoms with Gasteiger partial charge in [-0.25, -0.2) is 0 Å². The van der Waals surface area contributed by atoms with Gasteiger partial charge >= 0.3 is 0 Å². The van der Waals surface area contributed by atoms with E-state index in [1.165, 1.54) is 0 Å². The molecule has 0 radical (unpaired) electrons. The minimum Gasteiger partial charge on any atom is -0.391 e. The van der Waals surface area contributed by atoms with Gasteiger partial charge in [-0.1, -0.05) is 0 Å². The summed E-state index contributed by atoms with van der Waals surface area (Å²) in [6.07, 6.45) is 2.01. The van der Waals surface area contributed by atoms with E-state index in [2.05, 4.69) is 6.07 Å². The molecule has 0 aromatic carbocycles. The summed E-state index contributed by atoms with van der Waals surface area (Å²) < 4.78 is 0. The van der Waals surface area contributed by atoms with Gasteiger partial charge in [-0.05, 0) is 12.8 Å². The van der Waals surface area contributed by atoms with E-state index in [0.29, 0.717) is 19.5 Å². The van der Waals surface area contributed by atoms with Crippen molar-refractivity contribution in [2.24, 2.45) is 0 Å². The maximum absolute atomic E-state index is 11.1. The molecular weight excluding hydrogens is 168 g/mol. The molecule has 1 unspecified atom stereocenters. The molecule has 1 N–H and O–H groups in total. The molecule has 0 aromatic heterocycles. The van der Waals surface area contributed by atoms with Gasteiger partial charge < -0.3 is 10.0 Å². The highest BCUT2D eigenvalue weighted by molar-refractivity contribution is 5.78. The van der Waals surface area contributed by atoms with Crippen molar-refractivity contribution in [3.05, 3.63) is 0 Å². The van der Waals surface area contributed by atoms with Crippen LogP contribution in [0.2, 0.25) is 0 Å². The number of unbranched alkanes of at least 4 members (excludes halogenated alkanes) is 2. The monoisotopic (exact) mass is 182 g/mol. The third-order valence-corrected chi connectivity index (χ3v) is 2.16. The molecule has 72 valence electrons. The zero-order chi connectivity index (χ0) is 9.68. The number of rotatable bonds is 4. The number of nitriles is 1. The highest BCUT2D eigenvalue weighted by Gasteiger charge is 2.26. The Morgan fingerprint density at radius 2 is 2.38 bits per heavy atom. The molecule has 1 aliphatic heterocycles. The quantitative estimate of drug-likeness (QED) is 0.635. The van der Waals surface area contributed by atoms with Crippen LogP contribution < -0.4 is 0 Å². The Labute approximate surface area is 77.8 Å². The normalized spacial score (nSPS) is 22.0. The van der Waals surface area contributed by atoms with Gasteiger partial charge in [0.15, 0.2) is 0 Å². The number of carbonyl (C=O) groups excluding carboxylic acids is 1. The molecule has 0 bridgehead atoms. The number of nitrogens with zero attached hydrogens (tertiary/aromatic N) is 2. The van der Waals surface area contributed by atoms with E-state index in [0.717, 1.165) is 12.8 Å². The number of aliphatic hydroxyl groups excluding tert-OH is 1. The summed E-state index contributed by atoms with van der Waals surface area (Å²) in [6, 6.07) is 2.06. The summed E-state index contributed by atoms with van der Waals surface area (Å²) in [5.74, 6) is 0.0319. The summed E-state index contributed by atoms with van der Waals surface area (Å²) in [4.78, 5) is 12.8. The van der Waals surface area contributed by atoms with Gasteiger partial charge in [0.25, 0.3) is 0 Å². The molecule has 1 heterocycles. The maximum Gasteiger partial charge on any atom is 0.225 e. The van der Waals surface area contributed by atoms with Crippen LogP contribution in [-0.2, 0) is 4.79 Å². The first-order valence-corrected chi connectivity index (χ1v) is 4.57. The zero-order valence-electron chi connectivity index (χ0n) is 7.57. The van der Waals surface area contributed by atoms with Crippen LogP contribution in [0.5, 0.6) is 0 Å². The first kappa shape index (κ1) is 10.0. The average molecular weight is 182 g/mol. The van der Waals surface area contributed by atoms with Crippen LogP contribution in [0.3, 0.4) is 0 Å². The fourth-order valence-electron chi connectivity index (χ4n) is 1.47. The van der Waals surface area contributed by atoms with Crippen LogP contribution in [0.1, 0.15) is 25.7 Å². The Morgan fingerprint density at radius 3 is 2.92 bits per heavy atom. The lowest BCUT2D eigenvalue weighted by atomic mass is 10.2. The topological polar surface area (TPSA) is 64.3 Å². The Morgan fingerprint density at radius 1 is 1.62 bits per heavy atom. The summed E-state index contributed by atoms with van der Waals surface area (Å²) in [6.45, 7) is 1.14. The fraction of sp³-hybridized carbons (Fsp3) is 0.778. The van der Waals surface area contributed by atoms with Gasteiger partial charge in [0, 0.05) is 19.5 Å². The smallest absolute Gasteiger partial charge is 0.225 e.